The van der Waals surface area contributed by atoms with Gasteiger partial charge in [0.2, 0.25) is 0 Å². The molecule has 0 heterocycles. The third kappa shape index (κ3) is 6.98. The number of aliphatic hydroxyl groups excluding tert-OH is 1. The van der Waals surface area contributed by atoms with Crippen LogP contribution in [-0.4, -0.2) is 63.4 Å². The highest BCUT2D eigenvalue weighted by atomic mass is 16.4. The van der Waals surface area contributed by atoms with Gasteiger partial charge < -0.3 is 31.3 Å². The zero-order valence-electron chi connectivity index (χ0n) is 14.8. The molecule has 9 nitrogen and oxygen atoms in total. The second kappa shape index (κ2) is 9.62. The van der Waals surface area contributed by atoms with Gasteiger partial charge in [0, 0.05) is 18.7 Å². The van der Waals surface area contributed by atoms with E-state index in [-0.39, 0.29) is 18.9 Å². The molecule has 6 N–H and O–H groups in total. The van der Waals surface area contributed by atoms with E-state index in [0.29, 0.717) is 11.3 Å². The molecule has 0 spiro atoms. The van der Waals surface area contributed by atoms with E-state index in [1.165, 1.54) is 0 Å². The average Bonchev–Trinajstić information content (AvgIpc) is 2.52. The number of amides is 2. The fourth-order valence-electron chi connectivity index (χ4n) is 2.36. The molecule has 26 heavy (non-hydrogen) atoms. The molecule has 2 amide bonds. The first-order valence-electron chi connectivity index (χ1n) is 8.13. The van der Waals surface area contributed by atoms with E-state index in [1.807, 2.05) is 13.8 Å². The molecule has 0 aliphatic carbocycles. The number of urea groups is 1. The number of carboxylic acid groups (broad SMARTS) is 2. The van der Waals surface area contributed by atoms with Gasteiger partial charge in [-0.1, -0.05) is 26.0 Å². The van der Waals surface area contributed by atoms with E-state index in [9.17, 15) is 24.6 Å². The molecule has 0 radical (unpaired) electrons. The Morgan fingerprint density at radius 1 is 1.15 bits per heavy atom. The highest BCUT2D eigenvalue weighted by molar-refractivity contribution is 5.83. The number of carboxylic acids is 2. The first-order chi connectivity index (χ1) is 12.1. The van der Waals surface area contributed by atoms with Crippen molar-refractivity contribution in [3.05, 3.63) is 29.8 Å². The predicted molar refractivity (Wildman–Crippen MR) is 94.6 cm³/mol. The van der Waals surface area contributed by atoms with Crippen LogP contribution in [-0.2, 0) is 16.0 Å². The Morgan fingerprint density at radius 3 is 2.31 bits per heavy atom. The van der Waals surface area contributed by atoms with Crippen LogP contribution in [0.5, 0.6) is 0 Å². The van der Waals surface area contributed by atoms with Crippen molar-refractivity contribution in [2.45, 2.75) is 32.4 Å². The Kier molecular flexibility index (Phi) is 7.85. The first kappa shape index (κ1) is 21.2. The summed E-state index contributed by atoms with van der Waals surface area (Å²) in [7, 11) is 0. The van der Waals surface area contributed by atoms with E-state index in [0.717, 1.165) is 4.90 Å². The quantitative estimate of drug-likeness (QED) is 0.395. The van der Waals surface area contributed by atoms with Crippen LogP contribution in [0.3, 0.4) is 0 Å². The summed E-state index contributed by atoms with van der Waals surface area (Å²) >= 11 is 0. The minimum Gasteiger partial charge on any atom is -0.480 e. The molecule has 0 aromatic heterocycles. The largest absolute Gasteiger partial charge is 0.480 e. The van der Waals surface area contributed by atoms with Crippen molar-refractivity contribution in [3.8, 4) is 0 Å². The van der Waals surface area contributed by atoms with Gasteiger partial charge in [-0.2, -0.15) is 0 Å². The number of aliphatic hydroxyl groups is 1. The number of rotatable bonds is 9. The summed E-state index contributed by atoms with van der Waals surface area (Å²) in [4.78, 5) is 35.9. The second-order valence-electron chi connectivity index (χ2n) is 6.44. The number of benzene rings is 1. The molecule has 0 saturated carbocycles. The van der Waals surface area contributed by atoms with Crippen molar-refractivity contribution >= 4 is 23.7 Å². The van der Waals surface area contributed by atoms with Crippen LogP contribution >= 0.6 is 0 Å². The summed E-state index contributed by atoms with van der Waals surface area (Å²) in [5, 5.41) is 30.1. The number of carbonyl (C=O) groups is 3. The van der Waals surface area contributed by atoms with Gasteiger partial charge in [0.15, 0.2) is 6.10 Å². The summed E-state index contributed by atoms with van der Waals surface area (Å²) in [6.07, 6.45) is -1.74. The van der Waals surface area contributed by atoms with Crippen LogP contribution in [0.1, 0.15) is 19.4 Å². The maximum absolute atomic E-state index is 12.4. The van der Waals surface area contributed by atoms with Crippen LogP contribution in [0.2, 0.25) is 0 Å². The van der Waals surface area contributed by atoms with Gasteiger partial charge >= 0.3 is 18.0 Å². The lowest BCUT2D eigenvalue weighted by atomic mass is 10.1. The van der Waals surface area contributed by atoms with Crippen molar-refractivity contribution in [2.75, 3.05) is 18.8 Å². The van der Waals surface area contributed by atoms with Gasteiger partial charge in [0.1, 0.15) is 6.04 Å². The number of carbonyl (C=O) groups excluding carboxylic acids is 1. The van der Waals surface area contributed by atoms with Crippen LogP contribution < -0.4 is 11.1 Å². The van der Waals surface area contributed by atoms with Crippen molar-refractivity contribution in [1.29, 1.82) is 0 Å². The maximum atomic E-state index is 12.4. The lowest BCUT2D eigenvalue weighted by Gasteiger charge is -2.27. The van der Waals surface area contributed by atoms with E-state index in [1.54, 1.807) is 24.3 Å². The number of anilines is 1. The molecule has 9 heteroatoms. The Balaban J connectivity index is 2.87. The molecule has 1 aromatic carbocycles. The first-order valence-corrected chi connectivity index (χ1v) is 8.13. The summed E-state index contributed by atoms with van der Waals surface area (Å²) in [6.45, 7) is 3.36. The number of nitrogens with zero attached hydrogens (tertiary/aromatic N) is 1. The van der Waals surface area contributed by atoms with Crippen molar-refractivity contribution in [1.82, 2.24) is 10.2 Å². The fourth-order valence-corrected chi connectivity index (χ4v) is 2.36. The van der Waals surface area contributed by atoms with Crippen LogP contribution in [0.15, 0.2) is 24.3 Å². The lowest BCUT2D eigenvalue weighted by molar-refractivity contribution is -0.147. The molecule has 0 aliphatic rings. The number of hydrogen-bond acceptors (Lipinski definition) is 5. The standard InChI is InChI=1S/C17H25N3O6/c1-10(2)8-20(9-14(21)16(24)25)17(26)19-13(15(22)23)7-11-4-3-5-12(18)6-11/h3-6,10,13-14,21H,7-9,18H2,1-2H3,(H,19,26)(H,22,23)(H,24,25)/t13-,14?/m0/s1. The number of hydrogen-bond donors (Lipinski definition) is 5. The Hall–Kier alpha value is -2.81. The molecule has 2 atom stereocenters. The molecule has 1 aromatic rings. The summed E-state index contributed by atoms with van der Waals surface area (Å²) in [5.74, 6) is -2.69. The smallest absolute Gasteiger partial charge is 0.334 e. The topological polar surface area (TPSA) is 153 Å². The highest BCUT2D eigenvalue weighted by Gasteiger charge is 2.27. The number of nitrogen functional groups attached to an aromatic ring is 1. The van der Waals surface area contributed by atoms with Gasteiger partial charge in [-0.25, -0.2) is 14.4 Å². The Morgan fingerprint density at radius 2 is 1.81 bits per heavy atom. The average molecular weight is 367 g/mol. The Labute approximate surface area is 151 Å². The molecule has 0 fully saturated rings. The second-order valence-corrected chi connectivity index (χ2v) is 6.44. The van der Waals surface area contributed by atoms with Crippen molar-refractivity contribution in [2.24, 2.45) is 5.92 Å². The maximum Gasteiger partial charge on any atom is 0.334 e. The molecule has 0 bridgehead atoms. The van der Waals surface area contributed by atoms with Crippen LogP contribution in [0, 0.1) is 5.92 Å². The Bertz CT molecular complexity index is 649. The lowest BCUT2D eigenvalue weighted by Crippen LogP contribution is -2.52. The third-order valence-corrected chi connectivity index (χ3v) is 3.54. The van der Waals surface area contributed by atoms with Gasteiger partial charge in [0.25, 0.3) is 0 Å². The summed E-state index contributed by atoms with van der Waals surface area (Å²) < 4.78 is 0. The fraction of sp³-hybridized carbons (Fsp3) is 0.471. The highest BCUT2D eigenvalue weighted by Crippen LogP contribution is 2.10. The van der Waals surface area contributed by atoms with Crippen LogP contribution in [0.25, 0.3) is 0 Å². The van der Waals surface area contributed by atoms with Crippen molar-refractivity contribution < 1.29 is 29.7 Å². The third-order valence-electron chi connectivity index (χ3n) is 3.54. The normalized spacial score (nSPS) is 13.1. The molecule has 0 aliphatic heterocycles. The summed E-state index contributed by atoms with van der Waals surface area (Å²) in [5.41, 5.74) is 6.79. The molecular weight excluding hydrogens is 342 g/mol. The molecule has 144 valence electrons. The van der Waals surface area contributed by atoms with Crippen LogP contribution in [0.4, 0.5) is 10.5 Å². The number of nitrogens with one attached hydrogen (secondary N) is 1. The minimum atomic E-state index is -1.75. The van der Waals surface area contributed by atoms with Gasteiger partial charge in [-0.3, -0.25) is 0 Å². The molecule has 1 rings (SSSR count). The minimum absolute atomic E-state index is 0.000977. The molecular formula is C17H25N3O6. The van der Waals surface area contributed by atoms with E-state index in [2.05, 4.69) is 5.32 Å². The van der Waals surface area contributed by atoms with Crippen molar-refractivity contribution in [3.63, 3.8) is 0 Å². The predicted octanol–water partition coefficient (Wildman–Crippen LogP) is 0.378. The van der Waals surface area contributed by atoms with Gasteiger partial charge in [-0.05, 0) is 23.6 Å². The van der Waals surface area contributed by atoms with E-state index in [4.69, 9.17) is 10.8 Å². The van der Waals surface area contributed by atoms with Gasteiger partial charge in [-0.15, -0.1) is 0 Å². The zero-order valence-corrected chi connectivity index (χ0v) is 14.8. The molecule has 0 saturated heterocycles. The SMILES string of the molecule is CC(C)CN(CC(O)C(=O)O)C(=O)N[C@@H](Cc1cccc(N)c1)C(=O)O. The monoisotopic (exact) mass is 367 g/mol. The van der Waals surface area contributed by atoms with E-state index < -0.39 is 36.7 Å². The molecule has 1 unspecified atom stereocenters. The number of nitrogens with two attached hydrogens (primary N) is 1. The zero-order chi connectivity index (χ0) is 19.9. The number of aliphatic carboxylic acids is 2. The van der Waals surface area contributed by atoms with E-state index >= 15 is 0 Å². The summed E-state index contributed by atoms with van der Waals surface area (Å²) in [6, 6.07) is 4.67. The van der Waals surface area contributed by atoms with Gasteiger partial charge in [0.05, 0.1) is 6.54 Å².